The molecule has 4 rings (SSSR count). The van der Waals surface area contributed by atoms with Gasteiger partial charge in [0.15, 0.2) is 11.0 Å². The number of fused-ring (bicyclic) bond motifs is 1. The van der Waals surface area contributed by atoms with Gasteiger partial charge in [0, 0.05) is 29.3 Å². The molecule has 5 nitrogen and oxygen atoms in total. The number of aromatic nitrogens is 3. The highest BCUT2D eigenvalue weighted by molar-refractivity contribution is 7.98. The van der Waals surface area contributed by atoms with Gasteiger partial charge in [0.2, 0.25) is 0 Å². The maximum Gasteiger partial charge on any atom is 0.336 e. The van der Waals surface area contributed by atoms with Gasteiger partial charge in [-0.05, 0) is 49.9 Å². The molecule has 0 unspecified atom stereocenters. The molecule has 2 aromatic carbocycles. The second kappa shape index (κ2) is 8.48. The van der Waals surface area contributed by atoms with Gasteiger partial charge in [0.1, 0.15) is 5.58 Å². The Balaban J connectivity index is 1.69. The number of nitrogens with zero attached hydrogens (tertiary/aromatic N) is 3. The molecule has 2 aromatic heterocycles. The fourth-order valence-corrected chi connectivity index (χ4v) is 4.56. The minimum atomic E-state index is -0.317. The quantitative estimate of drug-likeness (QED) is 0.297. The van der Waals surface area contributed by atoms with Crippen LogP contribution in [0.4, 0.5) is 0 Å². The Morgan fingerprint density at radius 1 is 1.07 bits per heavy atom. The maximum absolute atomic E-state index is 12.2. The average Bonchev–Trinajstić information content (AvgIpc) is 3.12. The molecule has 0 aliphatic heterocycles. The Morgan fingerprint density at radius 3 is 2.67 bits per heavy atom. The number of hydrogen-bond acceptors (Lipinski definition) is 5. The molecule has 0 saturated heterocycles. The zero-order chi connectivity index (χ0) is 21.3. The predicted octanol–water partition coefficient (Wildman–Crippen LogP) is 5.68. The predicted molar refractivity (Wildman–Crippen MR) is 122 cm³/mol. The first-order chi connectivity index (χ1) is 14.5. The van der Waals surface area contributed by atoms with Crippen molar-refractivity contribution in [3.63, 3.8) is 0 Å². The average molecular weight is 420 g/mol. The molecule has 0 aliphatic carbocycles. The molecule has 30 heavy (non-hydrogen) atoms. The van der Waals surface area contributed by atoms with Crippen LogP contribution in [-0.2, 0) is 12.3 Å². The summed E-state index contributed by atoms with van der Waals surface area (Å²) < 4.78 is 7.67. The van der Waals surface area contributed by atoms with Crippen molar-refractivity contribution in [1.82, 2.24) is 14.8 Å². The molecule has 0 amide bonds. The summed E-state index contributed by atoms with van der Waals surface area (Å²) in [6.07, 6.45) is 0.987. The molecule has 0 radical (unpaired) electrons. The van der Waals surface area contributed by atoms with Gasteiger partial charge in [-0.25, -0.2) is 4.79 Å². The van der Waals surface area contributed by atoms with Crippen molar-refractivity contribution in [1.29, 1.82) is 0 Å². The van der Waals surface area contributed by atoms with Crippen LogP contribution in [0.3, 0.4) is 0 Å². The van der Waals surface area contributed by atoms with Crippen LogP contribution in [0.1, 0.15) is 35.6 Å². The lowest BCUT2D eigenvalue weighted by atomic mass is 10.0. The van der Waals surface area contributed by atoms with Crippen LogP contribution in [0.15, 0.2) is 56.8 Å². The second-order valence-electron chi connectivity index (χ2n) is 7.59. The van der Waals surface area contributed by atoms with Gasteiger partial charge in [0.25, 0.3) is 0 Å². The molecule has 0 spiro atoms. The SMILES string of the molecule is CCCn1c(SCc2cc(=O)oc3c(C)c(C)ccc23)nnc1-c1cccc(C)c1. The lowest BCUT2D eigenvalue weighted by Crippen LogP contribution is -2.04. The zero-order valence-corrected chi connectivity index (χ0v) is 18.5. The van der Waals surface area contributed by atoms with Gasteiger partial charge in [-0.2, -0.15) is 0 Å². The van der Waals surface area contributed by atoms with Crippen LogP contribution < -0.4 is 5.63 Å². The third kappa shape index (κ3) is 3.92. The summed E-state index contributed by atoms with van der Waals surface area (Å²) in [4.78, 5) is 12.2. The van der Waals surface area contributed by atoms with Crippen molar-refractivity contribution in [2.24, 2.45) is 0 Å². The van der Waals surface area contributed by atoms with Crippen molar-refractivity contribution < 1.29 is 4.42 Å². The van der Waals surface area contributed by atoms with E-state index in [2.05, 4.69) is 52.9 Å². The molecular weight excluding hydrogens is 394 g/mol. The first-order valence-corrected chi connectivity index (χ1v) is 11.1. The molecule has 0 aliphatic rings. The second-order valence-corrected chi connectivity index (χ2v) is 8.53. The molecule has 6 heteroatoms. The Morgan fingerprint density at radius 2 is 1.90 bits per heavy atom. The summed E-state index contributed by atoms with van der Waals surface area (Å²) in [5, 5.41) is 10.8. The van der Waals surface area contributed by atoms with Gasteiger partial charge < -0.3 is 8.98 Å². The van der Waals surface area contributed by atoms with Crippen LogP contribution >= 0.6 is 11.8 Å². The molecule has 0 atom stereocenters. The summed E-state index contributed by atoms with van der Waals surface area (Å²) in [6.45, 7) is 9.08. The van der Waals surface area contributed by atoms with E-state index in [0.29, 0.717) is 11.3 Å². The van der Waals surface area contributed by atoms with Gasteiger partial charge in [-0.15, -0.1) is 10.2 Å². The van der Waals surface area contributed by atoms with E-state index < -0.39 is 0 Å². The van der Waals surface area contributed by atoms with Gasteiger partial charge in [-0.3, -0.25) is 0 Å². The molecule has 0 fully saturated rings. The van der Waals surface area contributed by atoms with Gasteiger partial charge in [-0.1, -0.05) is 54.6 Å². The number of benzene rings is 2. The Hall–Kier alpha value is -2.86. The first kappa shape index (κ1) is 20.4. The molecule has 0 saturated carbocycles. The van der Waals surface area contributed by atoms with Gasteiger partial charge >= 0.3 is 5.63 Å². The fraction of sp³-hybridized carbons (Fsp3) is 0.292. The third-order valence-electron chi connectivity index (χ3n) is 5.31. The van der Waals surface area contributed by atoms with Crippen molar-refractivity contribution in [2.45, 2.75) is 51.6 Å². The molecule has 0 bridgehead atoms. The number of aryl methyl sites for hydroxylation is 3. The maximum atomic E-state index is 12.2. The van der Waals surface area contributed by atoms with E-state index in [4.69, 9.17) is 4.42 Å². The standard InChI is InChI=1S/C24H25N3O2S/c1-5-11-27-23(18-8-6-7-15(2)12-18)25-26-24(27)30-14-19-13-21(28)29-22-17(4)16(3)9-10-20(19)22/h6-10,12-13H,5,11,14H2,1-4H3. The largest absolute Gasteiger partial charge is 0.422 e. The summed E-state index contributed by atoms with van der Waals surface area (Å²) in [5.41, 5.74) is 5.70. The van der Waals surface area contributed by atoms with Crippen molar-refractivity contribution in [3.8, 4) is 11.4 Å². The summed E-state index contributed by atoms with van der Waals surface area (Å²) in [7, 11) is 0. The van der Waals surface area contributed by atoms with E-state index in [1.807, 2.05) is 26.0 Å². The van der Waals surface area contributed by atoms with Crippen LogP contribution in [0, 0.1) is 20.8 Å². The number of hydrogen-bond donors (Lipinski definition) is 0. The van der Waals surface area contributed by atoms with E-state index in [9.17, 15) is 4.79 Å². The van der Waals surface area contributed by atoms with E-state index in [0.717, 1.165) is 51.6 Å². The minimum absolute atomic E-state index is 0.317. The Bertz CT molecular complexity index is 1270. The van der Waals surface area contributed by atoms with Gasteiger partial charge in [0.05, 0.1) is 0 Å². The number of rotatable bonds is 6. The van der Waals surface area contributed by atoms with E-state index in [1.165, 1.54) is 5.56 Å². The zero-order valence-electron chi connectivity index (χ0n) is 17.7. The smallest absolute Gasteiger partial charge is 0.336 e. The molecular formula is C24H25N3O2S. The topological polar surface area (TPSA) is 60.9 Å². The molecule has 154 valence electrons. The summed E-state index contributed by atoms with van der Waals surface area (Å²) in [6, 6.07) is 14.0. The van der Waals surface area contributed by atoms with Crippen LogP contribution in [0.25, 0.3) is 22.4 Å². The lowest BCUT2D eigenvalue weighted by molar-refractivity contribution is 0.557. The highest BCUT2D eigenvalue weighted by Gasteiger charge is 2.16. The first-order valence-electron chi connectivity index (χ1n) is 10.1. The monoisotopic (exact) mass is 419 g/mol. The van der Waals surface area contributed by atoms with E-state index in [1.54, 1.807) is 17.8 Å². The molecule has 4 aromatic rings. The Labute approximate surface area is 180 Å². The minimum Gasteiger partial charge on any atom is -0.422 e. The van der Waals surface area contributed by atoms with Crippen LogP contribution in [-0.4, -0.2) is 14.8 Å². The highest BCUT2D eigenvalue weighted by Crippen LogP contribution is 2.30. The van der Waals surface area contributed by atoms with Crippen molar-refractivity contribution in [3.05, 3.63) is 75.1 Å². The third-order valence-corrected chi connectivity index (χ3v) is 6.33. The molecule has 0 N–H and O–H groups in total. The van der Waals surface area contributed by atoms with Crippen LogP contribution in [0.5, 0.6) is 0 Å². The fourth-order valence-electron chi connectivity index (χ4n) is 3.60. The van der Waals surface area contributed by atoms with E-state index in [-0.39, 0.29) is 5.63 Å². The lowest BCUT2D eigenvalue weighted by Gasteiger charge is -2.11. The Kier molecular flexibility index (Phi) is 5.77. The molecule has 2 heterocycles. The highest BCUT2D eigenvalue weighted by atomic mass is 32.2. The van der Waals surface area contributed by atoms with Crippen molar-refractivity contribution in [2.75, 3.05) is 0 Å². The van der Waals surface area contributed by atoms with E-state index >= 15 is 0 Å². The normalized spacial score (nSPS) is 11.3. The summed E-state index contributed by atoms with van der Waals surface area (Å²) >= 11 is 1.60. The van der Waals surface area contributed by atoms with Crippen molar-refractivity contribution >= 4 is 22.7 Å². The van der Waals surface area contributed by atoms with Crippen LogP contribution in [0.2, 0.25) is 0 Å². The summed E-state index contributed by atoms with van der Waals surface area (Å²) in [5.74, 6) is 1.51. The number of thioether (sulfide) groups is 1.